The number of hydrogen-bond donors (Lipinski definition) is 1. The van der Waals surface area contributed by atoms with Crippen molar-refractivity contribution in [2.24, 2.45) is 0 Å². The molecule has 0 aliphatic heterocycles. The summed E-state index contributed by atoms with van der Waals surface area (Å²) >= 11 is 6.06. The highest BCUT2D eigenvalue weighted by Gasteiger charge is 2.06. The average Bonchev–Trinajstić information content (AvgIpc) is 2.80. The third-order valence-corrected chi connectivity index (χ3v) is 3.66. The molecule has 4 heteroatoms. The number of benzene rings is 2. The lowest BCUT2D eigenvalue weighted by Gasteiger charge is -2.05. The smallest absolute Gasteiger partial charge is 0.146 e. The molecule has 2 aromatic carbocycles. The number of nitrogens with zero attached hydrogens (tertiary/aromatic N) is 1. The normalized spacial score (nSPS) is 10.9. The Bertz CT molecular complexity index is 725. The molecule has 20 heavy (non-hydrogen) atoms. The van der Waals surface area contributed by atoms with Gasteiger partial charge in [0.25, 0.3) is 0 Å². The zero-order chi connectivity index (χ0) is 14.1. The molecule has 3 aromatic rings. The highest BCUT2D eigenvalue weighted by Crippen LogP contribution is 2.24. The third-order valence-electron chi connectivity index (χ3n) is 3.35. The number of halogens is 1. The molecule has 1 N–H and O–H groups in total. The molecule has 102 valence electrons. The number of aromatic nitrogens is 2. The number of nitrogens with one attached hydrogen (secondary N) is 1. The lowest BCUT2D eigenvalue weighted by atomic mass is 10.1. The van der Waals surface area contributed by atoms with Crippen LogP contribution in [-0.2, 0) is 6.61 Å². The number of hydrogen-bond acceptors (Lipinski definition) is 2. The van der Waals surface area contributed by atoms with Crippen molar-refractivity contribution in [2.45, 2.75) is 20.5 Å². The van der Waals surface area contributed by atoms with Crippen LogP contribution in [0.5, 0.6) is 5.75 Å². The quantitative estimate of drug-likeness (QED) is 0.774. The van der Waals surface area contributed by atoms with Crippen LogP contribution in [0.3, 0.4) is 0 Å². The van der Waals surface area contributed by atoms with Crippen molar-refractivity contribution in [3.05, 3.63) is 58.4 Å². The van der Waals surface area contributed by atoms with Gasteiger partial charge in [0.1, 0.15) is 18.2 Å². The van der Waals surface area contributed by atoms with Crippen LogP contribution in [0.2, 0.25) is 5.02 Å². The SMILES string of the molecule is Cc1cc2nc(COc3ccccc3Cl)[nH]c2cc1C. The molecule has 0 aliphatic rings. The van der Waals surface area contributed by atoms with E-state index in [0.29, 0.717) is 17.4 Å². The first-order valence-electron chi connectivity index (χ1n) is 6.46. The van der Waals surface area contributed by atoms with Gasteiger partial charge in [-0.05, 0) is 49.2 Å². The molecule has 0 spiro atoms. The summed E-state index contributed by atoms with van der Waals surface area (Å²) in [4.78, 5) is 7.81. The van der Waals surface area contributed by atoms with Gasteiger partial charge in [-0.15, -0.1) is 0 Å². The fourth-order valence-corrected chi connectivity index (χ4v) is 2.29. The molecule has 1 heterocycles. The molecule has 0 atom stereocenters. The second-order valence-electron chi connectivity index (χ2n) is 4.86. The van der Waals surface area contributed by atoms with E-state index in [4.69, 9.17) is 16.3 Å². The van der Waals surface area contributed by atoms with Gasteiger partial charge in [-0.2, -0.15) is 0 Å². The molecule has 1 aromatic heterocycles. The van der Waals surface area contributed by atoms with Crippen LogP contribution in [0.25, 0.3) is 11.0 Å². The molecule has 0 fully saturated rings. The van der Waals surface area contributed by atoms with Crippen LogP contribution in [0.4, 0.5) is 0 Å². The molecule has 0 amide bonds. The van der Waals surface area contributed by atoms with Crippen LogP contribution < -0.4 is 4.74 Å². The first-order chi connectivity index (χ1) is 9.63. The van der Waals surface area contributed by atoms with Gasteiger partial charge in [-0.1, -0.05) is 23.7 Å². The molecular weight excluding hydrogens is 272 g/mol. The zero-order valence-electron chi connectivity index (χ0n) is 11.4. The van der Waals surface area contributed by atoms with Crippen LogP contribution in [0.15, 0.2) is 36.4 Å². The van der Waals surface area contributed by atoms with Crippen LogP contribution >= 0.6 is 11.6 Å². The zero-order valence-corrected chi connectivity index (χ0v) is 12.2. The molecule has 0 unspecified atom stereocenters. The van der Waals surface area contributed by atoms with Crippen molar-refractivity contribution < 1.29 is 4.74 Å². The molecule has 0 saturated carbocycles. The van der Waals surface area contributed by atoms with E-state index < -0.39 is 0 Å². The minimum absolute atomic E-state index is 0.372. The Morgan fingerprint density at radius 2 is 1.90 bits per heavy atom. The molecule has 0 aliphatic carbocycles. The van der Waals surface area contributed by atoms with Crippen LogP contribution in [-0.4, -0.2) is 9.97 Å². The van der Waals surface area contributed by atoms with Gasteiger partial charge >= 0.3 is 0 Å². The largest absolute Gasteiger partial charge is 0.484 e. The van der Waals surface area contributed by atoms with Crippen LogP contribution in [0.1, 0.15) is 17.0 Å². The number of rotatable bonds is 3. The van der Waals surface area contributed by atoms with Crippen molar-refractivity contribution >= 4 is 22.6 Å². The second kappa shape index (κ2) is 5.17. The predicted molar refractivity (Wildman–Crippen MR) is 81.4 cm³/mol. The molecule has 3 rings (SSSR count). The minimum atomic E-state index is 0.372. The lowest BCUT2D eigenvalue weighted by Crippen LogP contribution is -1.97. The van der Waals surface area contributed by atoms with E-state index in [0.717, 1.165) is 16.9 Å². The second-order valence-corrected chi connectivity index (χ2v) is 5.26. The van der Waals surface area contributed by atoms with E-state index >= 15 is 0 Å². The van der Waals surface area contributed by atoms with E-state index in [9.17, 15) is 0 Å². The van der Waals surface area contributed by atoms with E-state index in [1.54, 1.807) is 0 Å². The molecule has 0 saturated heterocycles. The van der Waals surface area contributed by atoms with Gasteiger partial charge < -0.3 is 9.72 Å². The van der Waals surface area contributed by atoms with Gasteiger partial charge in [0.05, 0.1) is 16.1 Å². The summed E-state index contributed by atoms with van der Waals surface area (Å²) in [7, 11) is 0. The number of fused-ring (bicyclic) bond motifs is 1. The average molecular weight is 287 g/mol. The maximum Gasteiger partial charge on any atom is 0.146 e. The Balaban J connectivity index is 1.83. The Hall–Kier alpha value is -2.00. The van der Waals surface area contributed by atoms with Crippen molar-refractivity contribution in [3.8, 4) is 5.75 Å². The number of H-pyrrole nitrogens is 1. The molecule has 0 bridgehead atoms. The Morgan fingerprint density at radius 1 is 1.15 bits per heavy atom. The summed E-state index contributed by atoms with van der Waals surface area (Å²) in [6.45, 7) is 4.55. The number of imidazole rings is 1. The maximum absolute atomic E-state index is 6.06. The fraction of sp³-hybridized carbons (Fsp3) is 0.188. The highest BCUT2D eigenvalue weighted by atomic mass is 35.5. The van der Waals surface area contributed by atoms with E-state index in [1.165, 1.54) is 11.1 Å². The third kappa shape index (κ3) is 2.49. The summed E-state index contributed by atoms with van der Waals surface area (Å²) in [6, 6.07) is 11.6. The van der Waals surface area contributed by atoms with Crippen molar-refractivity contribution in [2.75, 3.05) is 0 Å². The van der Waals surface area contributed by atoms with Gasteiger partial charge in [0, 0.05) is 0 Å². The summed E-state index contributed by atoms with van der Waals surface area (Å²) in [6.07, 6.45) is 0. The Kier molecular flexibility index (Phi) is 3.36. The number of aryl methyl sites for hydroxylation is 2. The van der Waals surface area contributed by atoms with Crippen molar-refractivity contribution in [1.82, 2.24) is 9.97 Å². The van der Waals surface area contributed by atoms with Gasteiger partial charge in [0.15, 0.2) is 0 Å². The molecule has 3 nitrogen and oxygen atoms in total. The molecular formula is C16H15ClN2O. The summed E-state index contributed by atoms with van der Waals surface area (Å²) in [5.41, 5.74) is 4.49. The van der Waals surface area contributed by atoms with Gasteiger partial charge in [-0.25, -0.2) is 4.98 Å². The first-order valence-corrected chi connectivity index (χ1v) is 6.84. The number of ether oxygens (including phenoxy) is 1. The summed E-state index contributed by atoms with van der Waals surface area (Å²) in [5.74, 6) is 1.46. The fourth-order valence-electron chi connectivity index (χ4n) is 2.10. The topological polar surface area (TPSA) is 37.9 Å². The van der Waals surface area contributed by atoms with E-state index in [2.05, 4.69) is 35.9 Å². The van der Waals surface area contributed by atoms with Gasteiger partial charge in [-0.3, -0.25) is 0 Å². The van der Waals surface area contributed by atoms with Crippen molar-refractivity contribution in [3.63, 3.8) is 0 Å². The first kappa shape index (κ1) is 13.0. The molecule has 0 radical (unpaired) electrons. The van der Waals surface area contributed by atoms with Crippen molar-refractivity contribution in [1.29, 1.82) is 0 Å². The Morgan fingerprint density at radius 3 is 2.70 bits per heavy atom. The monoisotopic (exact) mass is 286 g/mol. The summed E-state index contributed by atoms with van der Waals surface area (Å²) in [5, 5.41) is 0.607. The van der Waals surface area contributed by atoms with E-state index in [-0.39, 0.29) is 0 Å². The van der Waals surface area contributed by atoms with E-state index in [1.807, 2.05) is 24.3 Å². The minimum Gasteiger partial charge on any atom is -0.484 e. The number of aromatic amines is 1. The number of para-hydroxylation sites is 1. The Labute approximate surface area is 122 Å². The maximum atomic E-state index is 6.06. The standard InChI is InChI=1S/C16H15ClN2O/c1-10-7-13-14(8-11(10)2)19-16(18-13)9-20-15-6-4-3-5-12(15)17/h3-8H,9H2,1-2H3,(H,18,19). The summed E-state index contributed by atoms with van der Waals surface area (Å²) < 4.78 is 5.69. The lowest BCUT2D eigenvalue weighted by molar-refractivity contribution is 0.298. The predicted octanol–water partition coefficient (Wildman–Crippen LogP) is 4.41. The highest BCUT2D eigenvalue weighted by molar-refractivity contribution is 6.32. The van der Waals surface area contributed by atoms with Gasteiger partial charge in [0.2, 0.25) is 0 Å². The van der Waals surface area contributed by atoms with Crippen LogP contribution in [0, 0.1) is 13.8 Å².